The van der Waals surface area contributed by atoms with Gasteiger partial charge in [0.1, 0.15) is 6.04 Å². The number of nitrogens with one attached hydrogen (secondary N) is 2. The van der Waals surface area contributed by atoms with Gasteiger partial charge in [-0.2, -0.15) is 0 Å². The first kappa shape index (κ1) is 36.8. The van der Waals surface area contributed by atoms with Gasteiger partial charge in [-0.05, 0) is 54.4 Å². The highest BCUT2D eigenvalue weighted by atomic mass is 16.7. The molecule has 3 amide bonds. The van der Waals surface area contributed by atoms with Gasteiger partial charge in [0.2, 0.25) is 5.91 Å². The van der Waals surface area contributed by atoms with Gasteiger partial charge in [-0.15, -0.1) is 0 Å². The molecule has 0 radical (unpaired) electrons. The maximum atomic E-state index is 13.9. The van der Waals surface area contributed by atoms with E-state index < -0.39 is 60.1 Å². The molecule has 1 aromatic heterocycles. The second-order valence-corrected chi connectivity index (χ2v) is 14.1. The number of ether oxygens (including phenoxy) is 3. The number of alkyl carbamates (subject to hydrolysis) is 1. The molecule has 2 aliphatic heterocycles. The molecule has 2 aromatic carbocycles. The van der Waals surface area contributed by atoms with Crippen LogP contribution >= 0.6 is 0 Å². The zero-order valence-corrected chi connectivity index (χ0v) is 29.0. The van der Waals surface area contributed by atoms with Crippen LogP contribution in [0, 0.1) is 11.3 Å². The second kappa shape index (κ2) is 16.5. The van der Waals surface area contributed by atoms with Crippen LogP contribution in [0.1, 0.15) is 44.7 Å². The summed E-state index contributed by atoms with van der Waals surface area (Å²) >= 11 is 0. The van der Waals surface area contributed by atoms with Gasteiger partial charge in [0.25, 0.3) is 0 Å². The molecule has 50 heavy (non-hydrogen) atoms. The number of aliphatic hydroxyl groups is 1. The van der Waals surface area contributed by atoms with Crippen molar-refractivity contribution in [1.29, 1.82) is 0 Å². The number of amides is 3. The summed E-state index contributed by atoms with van der Waals surface area (Å²) in [5.74, 6) is -0.600. The Hall–Kier alpha value is -4.52. The number of carbonyl (C=O) groups excluding carboxylic acids is 2. The Labute approximate surface area is 293 Å². The van der Waals surface area contributed by atoms with Crippen LogP contribution in [-0.4, -0.2) is 95.1 Å². The Morgan fingerprint density at radius 1 is 0.960 bits per heavy atom. The zero-order chi connectivity index (χ0) is 35.8. The average molecular weight is 689 g/mol. The summed E-state index contributed by atoms with van der Waals surface area (Å²) in [7, 11) is 1.23. The van der Waals surface area contributed by atoms with E-state index in [1.54, 1.807) is 6.20 Å². The van der Waals surface area contributed by atoms with Gasteiger partial charge in [0.05, 0.1) is 44.2 Å². The summed E-state index contributed by atoms with van der Waals surface area (Å²) in [5, 5.41) is 28.5. The predicted molar refractivity (Wildman–Crippen MR) is 186 cm³/mol. The standard InChI is InChI=1S/C38H48N4O8/c1-38(2,3)33(41-36(45)48-4)34(44)40-27(20-25-13-15-26(16-14-25)29-12-8-9-18-39-29)22-32(43)30(21-24-10-6-5-7-11-24)42(37(46)47)31-23-50-35-28(31)17-19-49-35/h5-16,18,27-28,30-33,35,43H,17,19-23H2,1-4H3,(H,40,44)(H,41,45)(H,46,47)/t27-,28-,30+,31+,32+,33-,35+/m1/s1. The first-order valence-electron chi connectivity index (χ1n) is 17.1. The van der Waals surface area contributed by atoms with Crippen LogP contribution in [0.4, 0.5) is 9.59 Å². The van der Waals surface area contributed by atoms with Gasteiger partial charge in [-0.1, -0.05) is 81.4 Å². The highest BCUT2D eigenvalue weighted by molar-refractivity contribution is 5.86. The van der Waals surface area contributed by atoms with Crippen molar-refractivity contribution in [2.75, 3.05) is 20.3 Å². The minimum atomic E-state index is -1.19. The van der Waals surface area contributed by atoms with Crippen molar-refractivity contribution in [2.24, 2.45) is 11.3 Å². The van der Waals surface area contributed by atoms with Crippen LogP contribution in [0.3, 0.4) is 0 Å². The molecule has 3 aromatic rings. The Kier molecular flexibility index (Phi) is 12.1. The largest absolute Gasteiger partial charge is 0.465 e. The fourth-order valence-corrected chi connectivity index (χ4v) is 6.94. The van der Waals surface area contributed by atoms with Gasteiger partial charge in [0, 0.05) is 23.7 Å². The van der Waals surface area contributed by atoms with Crippen LogP contribution in [-0.2, 0) is 31.8 Å². The van der Waals surface area contributed by atoms with E-state index in [0.29, 0.717) is 19.4 Å². The van der Waals surface area contributed by atoms with Crippen molar-refractivity contribution in [3.05, 3.63) is 90.1 Å². The minimum Gasteiger partial charge on any atom is -0.465 e. The van der Waals surface area contributed by atoms with Crippen molar-refractivity contribution in [3.8, 4) is 11.3 Å². The molecule has 12 heteroatoms. The smallest absolute Gasteiger partial charge is 0.407 e. The molecule has 7 atom stereocenters. The molecular formula is C38H48N4O8. The SMILES string of the molecule is COC(=O)N[C@H](C(=O)N[C@H](Cc1ccc(-c2ccccn2)cc1)C[C@H](O)[C@H](Cc1ccccc1)N(C(=O)O)[C@H]1CO[C@@H]2OCC[C@@H]21)C(C)(C)C. The van der Waals surface area contributed by atoms with E-state index in [2.05, 4.69) is 15.6 Å². The summed E-state index contributed by atoms with van der Waals surface area (Å²) < 4.78 is 16.3. The summed E-state index contributed by atoms with van der Waals surface area (Å²) in [4.78, 5) is 44.9. The number of pyridine rings is 1. The number of fused-ring (bicyclic) bond motifs is 1. The topological polar surface area (TPSA) is 160 Å². The quantitative estimate of drug-likeness (QED) is 0.201. The van der Waals surface area contributed by atoms with Gasteiger partial charge >= 0.3 is 12.2 Å². The molecule has 0 spiro atoms. The molecule has 3 heterocycles. The van der Waals surface area contributed by atoms with Crippen molar-refractivity contribution >= 4 is 18.1 Å². The Balaban J connectivity index is 1.45. The van der Waals surface area contributed by atoms with Crippen molar-refractivity contribution in [3.63, 3.8) is 0 Å². The monoisotopic (exact) mass is 688 g/mol. The molecule has 0 aliphatic carbocycles. The number of nitrogens with zero attached hydrogens (tertiary/aromatic N) is 2. The van der Waals surface area contributed by atoms with E-state index in [4.69, 9.17) is 14.2 Å². The van der Waals surface area contributed by atoms with Crippen LogP contribution in [0.25, 0.3) is 11.3 Å². The van der Waals surface area contributed by atoms with Crippen LogP contribution in [0.5, 0.6) is 0 Å². The summed E-state index contributed by atoms with van der Waals surface area (Å²) in [6.45, 7) is 6.13. The number of hydrogen-bond acceptors (Lipinski definition) is 8. The predicted octanol–water partition coefficient (Wildman–Crippen LogP) is 4.65. The lowest BCUT2D eigenvalue weighted by molar-refractivity contribution is -0.126. The average Bonchev–Trinajstić information content (AvgIpc) is 3.72. The maximum absolute atomic E-state index is 13.9. The normalized spacial score (nSPS) is 20.9. The number of benzene rings is 2. The molecular weight excluding hydrogens is 640 g/mol. The number of hydrogen-bond donors (Lipinski definition) is 4. The first-order chi connectivity index (χ1) is 23.9. The number of carbonyl (C=O) groups is 3. The molecule has 12 nitrogen and oxygen atoms in total. The van der Waals surface area contributed by atoms with E-state index in [1.165, 1.54) is 12.0 Å². The third-order valence-corrected chi connectivity index (χ3v) is 9.52. The molecule has 2 fully saturated rings. The Bertz CT molecular complexity index is 1570. The van der Waals surface area contributed by atoms with E-state index in [9.17, 15) is 24.6 Å². The molecule has 5 rings (SSSR count). The number of methoxy groups -OCH3 is 1. The molecule has 0 saturated carbocycles. The number of carboxylic acid groups (broad SMARTS) is 1. The maximum Gasteiger partial charge on any atom is 0.407 e. The lowest BCUT2D eigenvalue weighted by Gasteiger charge is -2.39. The van der Waals surface area contributed by atoms with E-state index in [-0.39, 0.29) is 25.4 Å². The van der Waals surface area contributed by atoms with Gasteiger partial charge in [0.15, 0.2) is 6.29 Å². The lowest BCUT2D eigenvalue weighted by Crippen LogP contribution is -2.58. The number of aromatic nitrogens is 1. The second-order valence-electron chi connectivity index (χ2n) is 14.1. The number of rotatable bonds is 13. The van der Waals surface area contributed by atoms with E-state index in [1.807, 2.05) is 93.6 Å². The molecule has 0 unspecified atom stereocenters. The third kappa shape index (κ3) is 9.17. The molecule has 0 bridgehead atoms. The fourth-order valence-electron chi connectivity index (χ4n) is 6.94. The molecule has 2 aliphatic rings. The highest BCUT2D eigenvalue weighted by Gasteiger charge is 2.49. The van der Waals surface area contributed by atoms with Gasteiger partial charge in [-0.3, -0.25) is 14.7 Å². The van der Waals surface area contributed by atoms with E-state index in [0.717, 1.165) is 22.4 Å². The van der Waals surface area contributed by atoms with Crippen molar-refractivity contribution in [2.45, 2.75) is 83.0 Å². The lowest BCUT2D eigenvalue weighted by atomic mass is 9.85. The fraction of sp³-hybridized carbons (Fsp3) is 0.474. The molecule has 4 N–H and O–H groups in total. The minimum absolute atomic E-state index is 0.0300. The van der Waals surface area contributed by atoms with Crippen LogP contribution in [0.15, 0.2) is 79.0 Å². The van der Waals surface area contributed by atoms with Gasteiger partial charge < -0.3 is 35.1 Å². The molecule has 268 valence electrons. The van der Waals surface area contributed by atoms with E-state index >= 15 is 0 Å². The third-order valence-electron chi connectivity index (χ3n) is 9.52. The summed E-state index contributed by atoms with van der Waals surface area (Å²) in [5.41, 5.74) is 2.83. The first-order valence-corrected chi connectivity index (χ1v) is 17.1. The molecule has 2 saturated heterocycles. The van der Waals surface area contributed by atoms with Crippen LogP contribution in [0.2, 0.25) is 0 Å². The zero-order valence-electron chi connectivity index (χ0n) is 29.0. The highest BCUT2D eigenvalue weighted by Crippen LogP contribution is 2.36. The summed E-state index contributed by atoms with van der Waals surface area (Å²) in [6, 6.07) is 20.0. The summed E-state index contributed by atoms with van der Waals surface area (Å²) in [6.07, 6.45) is -0.575. The Morgan fingerprint density at radius 2 is 1.66 bits per heavy atom. The number of aliphatic hydroxyl groups excluding tert-OH is 1. The van der Waals surface area contributed by atoms with Crippen LogP contribution < -0.4 is 10.6 Å². The van der Waals surface area contributed by atoms with Gasteiger partial charge in [-0.25, -0.2) is 9.59 Å². The van der Waals surface area contributed by atoms with Crippen molar-refractivity contribution < 1.29 is 38.8 Å². The van der Waals surface area contributed by atoms with Crippen molar-refractivity contribution in [1.82, 2.24) is 20.5 Å². The Morgan fingerprint density at radius 3 is 2.30 bits per heavy atom.